The molecule has 2 aromatic carbocycles. The number of nitrogens with one attached hydrogen (secondary N) is 1. The van der Waals surface area contributed by atoms with Crippen LogP contribution in [0.25, 0.3) is 0 Å². The van der Waals surface area contributed by atoms with E-state index < -0.39 is 29.2 Å². The van der Waals surface area contributed by atoms with E-state index in [1.165, 1.54) is 24.3 Å². The maximum Gasteiger partial charge on any atom is 0.418 e. The zero-order chi connectivity index (χ0) is 15.6. The number of anilines is 1. The number of carbonyl (C=O) groups is 1. The molecule has 0 aliphatic carbocycles. The molecule has 2 nitrogen and oxygen atoms in total. The second-order valence-electron chi connectivity index (χ2n) is 4.12. The quantitative estimate of drug-likeness (QED) is 0.760. The molecule has 0 saturated heterocycles. The standard InChI is InChI=1S/C14H8BrF4NO/c15-8-5-6-12(10(7-8)14(17,18)19)20-13(21)9-3-1-2-4-11(9)16/h1-7H,(H,20,21). The molecule has 0 spiro atoms. The zero-order valence-corrected chi connectivity index (χ0v) is 11.9. The Morgan fingerprint density at radius 3 is 2.38 bits per heavy atom. The molecule has 0 aromatic heterocycles. The van der Waals surface area contributed by atoms with Gasteiger partial charge in [-0.25, -0.2) is 4.39 Å². The molecule has 2 aromatic rings. The number of hydrogen-bond donors (Lipinski definition) is 1. The van der Waals surface area contributed by atoms with Crippen LogP contribution in [0.3, 0.4) is 0 Å². The van der Waals surface area contributed by atoms with Gasteiger partial charge in [-0.05, 0) is 30.3 Å². The highest BCUT2D eigenvalue weighted by molar-refractivity contribution is 9.10. The lowest BCUT2D eigenvalue weighted by atomic mass is 10.1. The summed E-state index contributed by atoms with van der Waals surface area (Å²) >= 11 is 2.94. The second-order valence-corrected chi connectivity index (χ2v) is 5.04. The highest BCUT2D eigenvalue weighted by Gasteiger charge is 2.34. The van der Waals surface area contributed by atoms with Crippen molar-refractivity contribution in [2.45, 2.75) is 6.18 Å². The average Bonchev–Trinajstić information content (AvgIpc) is 2.40. The average molecular weight is 362 g/mol. The van der Waals surface area contributed by atoms with Gasteiger partial charge in [0.15, 0.2) is 0 Å². The van der Waals surface area contributed by atoms with Crippen LogP contribution in [0.1, 0.15) is 15.9 Å². The lowest BCUT2D eigenvalue weighted by Gasteiger charge is -2.14. The van der Waals surface area contributed by atoms with E-state index in [-0.39, 0.29) is 10.0 Å². The first kappa shape index (κ1) is 15.5. The molecule has 110 valence electrons. The summed E-state index contributed by atoms with van der Waals surface area (Å²) in [4.78, 5) is 11.9. The SMILES string of the molecule is O=C(Nc1ccc(Br)cc1C(F)(F)F)c1ccccc1F. The van der Waals surface area contributed by atoms with Gasteiger partial charge in [0, 0.05) is 4.47 Å². The largest absolute Gasteiger partial charge is 0.418 e. The Morgan fingerprint density at radius 2 is 1.76 bits per heavy atom. The molecule has 0 atom stereocenters. The maximum absolute atomic E-state index is 13.5. The van der Waals surface area contributed by atoms with Crippen LogP contribution in [0.4, 0.5) is 23.2 Å². The van der Waals surface area contributed by atoms with Gasteiger partial charge in [-0.1, -0.05) is 28.1 Å². The summed E-state index contributed by atoms with van der Waals surface area (Å²) < 4.78 is 52.4. The first-order chi connectivity index (χ1) is 9.79. The number of rotatable bonds is 2. The van der Waals surface area contributed by atoms with Crippen LogP contribution in [0.5, 0.6) is 0 Å². The minimum atomic E-state index is -4.64. The Bertz CT molecular complexity index is 685. The fourth-order valence-electron chi connectivity index (χ4n) is 1.70. The van der Waals surface area contributed by atoms with E-state index >= 15 is 0 Å². The van der Waals surface area contributed by atoms with Gasteiger partial charge in [0.2, 0.25) is 0 Å². The monoisotopic (exact) mass is 361 g/mol. The Labute approximate surface area is 125 Å². The maximum atomic E-state index is 13.5. The topological polar surface area (TPSA) is 29.1 Å². The van der Waals surface area contributed by atoms with Crippen molar-refractivity contribution in [2.75, 3.05) is 5.32 Å². The molecule has 0 radical (unpaired) electrons. The summed E-state index contributed by atoms with van der Waals surface area (Å²) in [6, 6.07) is 8.35. The number of amides is 1. The molecule has 0 aliphatic heterocycles. The van der Waals surface area contributed by atoms with E-state index in [1.54, 1.807) is 0 Å². The van der Waals surface area contributed by atoms with Gasteiger partial charge in [0.1, 0.15) is 5.82 Å². The number of hydrogen-bond acceptors (Lipinski definition) is 1. The lowest BCUT2D eigenvalue weighted by molar-refractivity contribution is -0.136. The number of carbonyl (C=O) groups excluding carboxylic acids is 1. The number of halogens is 5. The van der Waals surface area contributed by atoms with Crippen LogP contribution in [-0.4, -0.2) is 5.91 Å². The van der Waals surface area contributed by atoms with Crippen molar-refractivity contribution in [1.29, 1.82) is 0 Å². The van der Waals surface area contributed by atoms with Gasteiger partial charge in [0.25, 0.3) is 5.91 Å². The first-order valence-electron chi connectivity index (χ1n) is 5.71. The fourth-order valence-corrected chi connectivity index (χ4v) is 2.06. The van der Waals surface area contributed by atoms with Gasteiger partial charge in [-0.15, -0.1) is 0 Å². The van der Waals surface area contributed by atoms with Crippen LogP contribution in [0.15, 0.2) is 46.9 Å². The molecule has 2 rings (SSSR count). The van der Waals surface area contributed by atoms with E-state index in [0.717, 1.165) is 18.2 Å². The smallest absolute Gasteiger partial charge is 0.321 e. The van der Waals surface area contributed by atoms with Gasteiger partial charge < -0.3 is 5.32 Å². The summed E-state index contributed by atoms with van der Waals surface area (Å²) in [5.41, 5.74) is -1.77. The van der Waals surface area contributed by atoms with E-state index in [4.69, 9.17) is 0 Å². The summed E-state index contributed by atoms with van der Waals surface area (Å²) in [6.07, 6.45) is -4.64. The minimum absolute atomic E-state index is 0.221. The number of alkyl halides is 3. The van der Waals surface area contributed by atoms with E-state index in [2.05, 4.69) is 21.2 Å². The lowest BCUT2D eigenvalue weighted by Crippen LogP contribution is -2.17. The Hall–Kier alpha value is -1.89. The molecule has 0 heterocycles. The van der Waals surface area contributed by atoms with Crippen LogP contribution >= 0.6 is 15.9 Å². The van der Waals surface area contributed by atoms with Crippen LogP contribution in [0.2, 0.25) is 0 Å². The van der Waals surface area contributed by atoms with Crippen molar-refractivity contribution in [3.8, 4) is 0 Å². The molecule has 0 saturated carbocycles. The summed E-state index contributed by atoms with van der Waals surface area (Å²) in [5.74, 6) is -1.75. The van der Waals surface area contributed by atoms with Gasteiger partial charge in [-0.2, -0.15) is 13.2 Å². The molecular weight excluding hydrogens is 354 g/mol. The second kappa shape index (κ2) is 5.85. The van der Waals surface area contributed by atoms with Crippen LogP contribution in [-0.2, 0) is 6.18 Å². The van der Waals surface area contributed by atoms with Gasteiger partial charge in [-0.3, -0.25) is 4.79 Å². The third kappa shape index (κ3) is 3.60. The molecule has 1 amide bonds. The molecule has 21 heavy (non-hydrogen) atoms. The fraction of sp³-hybridized carbons (Fsp3) is 0.0714. The Kier molecular flexibility index (Phi) is 4.32. The first-order valence-corrected chi connectivity index (χ1v) is 6.51. The van der Waals surface area contributed by atoms with E-state index in [0.29, 0.717) is 0 Å². The zero-order valence-electron chi connectivity index (χ0n) is 10.3. The predicted molar refractivity (Wildman–Crippen MR) is 73.5 cm³/mol. The van der Waals surface area contributed by atoms with E-state index in [1.807, 2.05) is 0 Å². The highest BCUT2D eigenvalue weighted by Crippen LogP contribution is 2.36. The van der Waals surface area contributed by atoms with Crippen molar-refractivity contribution in [2.24, 2.45) is 0 Å². The molecule has 0 unspecified atom stereocenters. The summed E-state index contributed by atoms with van der Waals surface area (Å²) in [7, 11) is 0. The van der Waals surface area contributed by atoms with Gasteiger partial charge >= 0.3 is 6.18 Å². The van der Waals surface area contributed by atoms with Crippen molar-refractivity contribution < 1.29 is 22.4 Å². The predicted octanol–water partition coefficient (Wildman–Crippen LogP) is 4.86. The van der Waals surface area contributed by atoms with Crippen molar-refractivity contribution >= 4 is 27.5 Å². The normalized spacial score (nSPS) is 11.3. The minimum Gasteiger partial charge on any atom is -0.321 e. The third-order valence-electron chi connectivity index (χ3n) is 2.65. The molecule has 7 heteroatoms. The van der Waals surface area contributed by atoms with Crippen LogP contribution < -0.4 is 5.32 Å². The molecule has 0 aliphatic rings. The highest BCUT2D eigenvalue weighted by atomic mass is 79.9. The molecular formula is C14H8BrF4NO. The third-order valence-corrected chi connectivity index (χ3v) is 3.15. The summed E-state index contributed by atoms with van der Waals surface area (Å²) in [5, 5.41) is 2.08. The number of benzene rings is 2. The van der Waals surface area contributed by atoms with E-state index in [9.17, 15) is 22.4 Å². The summed E-state index contributed by atoms with van der Waals surface area (Å²) in [6.45, 7) is 0. The molecule has 0 bridgehead atoms. The Morgan fingerprint density at radius 1 is 1.10 bits per heavy atom. The molecule has 0 fully saturated rings. The van der Waals surface area contributed by atoms with Crippen molar-refractivity contribution in [1.82, 2.24) is 0 Å². The molecule has 1 N–H and O–H groups in total. The Balaban J connectivity index is 2.36. The van der Waals surface area contributed by atoms with Crippen molar-refractivity contribution in [3.63, 3.8) is 0 Å². The van der Waals surface area contributed by atoms with Crippen LogP contribution in [0, 0.1) is 5.82 Å². The van der Waals surface area contributed by atoms with Gasteiger partial charge in [0.05, 0.1) is 16.8 Å². The van der Waals surface area contributed by atoms with Crippen molar-refractivity contribution in [3.05, 3.63) is 63.9 Å².